The summed E-state index contributed by atoms with van der Waals surface area (Å²) in [4.78, 5) is 1.06. The van der Waals surface area contributed by atoms with Gasteiger partial charge in [-0.3, -0.25) is 0 Å². The lowest BCUT2D eigenvalue weighted by molar-refractivity contribution is 0.473. The van der Waals surface area contributed by atoms with Gasteiger partial charge in [-0.25, -0.2) is 4.39 Å². The van der Waals surface area contributed by atoms with Gasteiger partial charge < -0.3 is 5.11 Å². The van der Waals surface area contributed by atoms with Gasteiger partial charge in [0.15, 0.2) is 0 Å². The zero-order chi connectivity index (χ0) is 14.5. The molecule has 104 valence electrons. The molecule has 0 bridgehead atoms. The van der Waals surface area contributed by atoms with E-state index in [1.807, 2.05) is 24.5 Å². The molecule has 1 nitrogen and oxygen atoms in total. The highest BCUT2D eigenvalue weighted by Crippen LogP contribution is 2.34. The third kappa shape index (κ3) is 3.87. The first-order valence-electron chi connectivity index (χ1n) is 6.05. The molecule has 2 rings (SSSR count). The summed E-state index contributed by atoms with van der Waals surface area (Å²) in [5, 5.41) is 9.50. The van der Waals surface area contributed by atoms with Crippen LogP contribution >= 0.6 is 27.7 Å². The van der Waals surface area contributed by atoms with Crippen molar-refractivity contribution in [3.63, 3.8) is 0 Å². The van der Waals surface area contributed by atoms with Gasteiger partial charge in [0.1, 0.15) is 11.6 Å². The van der Waals surface area contributed by atoms with Crippen LogP contribution in [0.4, 0.5) is 4.39 Å². The molecule has 1 N–H and O–H groups in total. The number of rotatable bonds is 4. The Kier molecular flexibility index (Phi) is 5.26. The monoisotopic (exact) mass is 352 g/mol. The molecular formula is C16H14BrFOS. The molecule has 0 heterocycles. The van der Waals surface area contributed by atoms with E-state index in [0.29, 0.717) is 0 Å². The van der Waals surface area contributed by atoms with Crippen LogP contribution in [-0.2, 0) is 0 Å². The zero-order valence-corrected chi connectivity index (χ0v) is 13.3. The number of allylic oxidation sites excluding steroid dienone is 1. The van der Waals surface area contributed by atoms with Crippen molar-refractivity contribution in [2.75, 3.05) is 6.26 Å². The summed E-state index contributed by atoms with van der Waals surface area (Å²) in [6.45, 7) is 0. The van der Waals surface area contributed by atoms with E-state index >= 15 is 0 Å². The molecule has 0 saturated heterocycles. The first-order chi connectivity index (χ1) is 9.60. The number of alkyl halides is 1. The maximum atomic E-state index is 12.8. The van der Waals surface area contributed by atoms with Crippen LogP contribution in [0.5, 0.6) is 5.75 Å². The van der Waals surface area contributed by atoms with Crippen LogP contribution in [0.1, 0.15) is 16.0 Å². The molecule has 0 aromatic heterocycles. The number of hydrogen-bond donors (Lipinski definition) is 1. The largest absolute Gasteiger partial charge is 0.508 e. The average molecular weight is 353 g/mol. The standard InChI is InChI=1S/C16H14BrFOS/c1-20-16-10-13(19)7-8-14(16)15(17)9-4-11-2-5-12(18)6-3-11/h2-10,15,19H,1H3/b9-4+. The van der Waals surface area contributed by atoms with Crippen molar-refractivity contribution in [2.45, 2.75) is 9.72 Å². The van der Waals surface area contributed by atoms with Crippen LogP contribution in [0.3, 0.4) is 0 Å². The lowest BCUT2D eigenvalue weighted by Crippen LogP contribution is -1.89. The number of benzene rings is 2. The van der Waals surface area contributed by atoms with E-state index in [1.165, 1.54) is 12.1 Å². The fraction of sp³-hybridized carbons (Fsp3) is 0.125. The second-order valence-corrected chi connectivity index (χ2v) is 6.07. The van der Waals surface area contributed by atoms with Crippen molar-refractivity contribution in [2.24, 2.45) is 0 Å². The highest BCUT2D eigenvalue weighted by molar-refractivity contribution is 9.09. The maximum absolute atomic E-state index is 12.8. The van der Waals surface area contributed by atoms with Crippen molar-refractivity contribution in [3.8, 4) is 5.75 Å². The number of thioether (sulfide) groups is 1. The second-order valence-electron chi connectivity index (χ2n) is 4.24. The molecule has 0 radical (unpaired) electrons. The van der Waals surface area contributed by atoms with Crippen molar-refractivity contribution in [1.82, 2.24) is 0 Å². The summed E-state index contributed by atoms with van der Waals surface area (Å²) < 4.78 is 12.8. The molecule has 20 heavy (non-hydrogen) atoms. The summed E-state index contributed by atoms with van der Waals surface area (Å²) in [6, 6.07) is 11.7. The van der Waals surface area contributed by atoms with E-state index in [1.54, 1.807) is 36.0 Å². The van der Waals surface area contributed by atoms with Gasteiger partial charge in [-0.15, -0.1) is 11.8 Å². The third-order valence-corrected chi connectivity index (χ3v) is 4.43. The SMILES string of the molecule is CSc1cc(O)ccc1C(Br)/C=C/c1ccc(F)cc1. The number of halogens is 2. The summed E-state index contributed by atoms with van der Waals surface area (Å²) in [7, 11) is 0. The summed E-state index contributed by atoms with van der Waals surface area (Å²) in [5.74, 6) is 0.0288. The van der Waals surface area contributed by atoms with Gasteiger partial charge in [0, 0.05) is 4.90 Å². The maximum Gasteiger partial charge on any atom is 0.123 e. The van der Waals surface area contributed by atoms with Gasteiger partial charge in [0.05, 0.1) is 4.83 Å². The molecular weight excluding hydrogens is 339 g/mol. The highest BCUT2D eigenvalue weighted by atomic mass is 79.9. The average Bonchev–Trinajstić information content (AvgIpc) is 2.46. The minimum atomic E-state index is -0.235. The third-order valence-electron chi connectivity index (χ3n) is 2.84. The predicted molar refractivity (Wildman–Crippen MR) is 87.0 cm³/mol. The quantitative estimate of drug-likeness (QED) is 0.586. The topological polar surface area (TPSA) is 20.2 Å². The fourth-order valence-electron chi connectivity index (χ4n) is 1.80. The van der Waals surface area contributed by atoms with E-state index in [-0.39, 0.29) is 16.4 Å². The Morgan fingerprint density at radius 2 is 1.90 bits per heavy atom. The molecule has 0 aliphatic rings. The minimum Gasteiger partial charge on any atom is -0.508 e. The van der Waals surface area contributed by atoms with Gasteiger partial charge in [-0.1, -0.05) is 46.3 Å². The summed E-state index contributed by atoms with van der Waals surface area (Å²) in [6.07, 6.45) is 5.91. The predicted octanol–water partition coefficient (Wildman–Crippen LogP) is 5.40. The van der Waals surface area contributed by atoms with Crippen molar-refractivity contribution >= 4 is 33.8 Å². The van der Waals surface area contributed by atoms with Crippen LogP contribution < -0.4 is 0 Å². The number of phenols is 1. The smallest absolute Gasteiger partial charge is 0.123 e. The van der Waals surface area contributed by atoms with E-state index in [4.69, 9.17) is 0 Å². The molecule has 0 spiro atoms. The number of phenolic OH excluding ortho intramolecular Hbond substituents is 1. The van der Waals surface area contributed by atoms with Crippen LogP contribution in [0.2, 0.25) is 0 Å². The van der Waals surface area contributed by atoms with E-state index in [9.17, 15) is 9.50 Å². The summed E-state index contributed by atoms with van der Waals surface area (Å²) >= 11 is 5.21. The lowest BCUT2D eigenvalue weighted by Gasteiger charge is -2.11. The Morgan fingerprint density at radius 3 is 2.55 bits per heavy atom. The minimum absolute atomic E-state index is 0.0376. The molecule has 0 amide bonds. The number of hydrogen-bond acceptors (Lipinski definition) is 2. The Hall–Kier alpha value is -1.26. The van der Waals surface area contributed by atoms with Crippen LogP contribution in [0, 0.1) is 5.82 Å². The Balaban J connectivity index is 2.19. The van der Waals surface area contributed by atoms with Crippen molar-refractivity contribution < 1.29 is 9.50 Å². The normalized spacial score (nSPS) is 12.8. The van der Waals surface area contributed by atoms with Gasteiger partial charge in [0.2, 0.25) is 0 Å². The van der Waals surface area contributed by atoms with Crippen molar-refractivity contribution in [3.05, 3.63) is 65.5 Å². The molecule has 0 saturated carbocycles. The molecule has 0 aliphatic heterocycles. The van der Waals surface area contributed by atoms with Gasteiger partial charge in [-0.05, 0) is 41.6 Å². The lowest BCUT2D eigenvalue weighted by atomic mass is 10.1. The molecule has 1 atom stereocenters. The highest BCUT2D eigenvalue weighted by Gasteiger charge is 2.09. The van der Waals surface area contributed by atoms with Crippen LogP contribution in [0.15, 0.2) is 53.4 Å². The first kappa shape index (κ1) is 15.1. The zero-order valence-electron chi connectivity index (χ0n) is 10.9. The van der Waals surface area contributed by atoms with E-state index in [2.05, 4.69) is 15.9 Å². The van der Waals surface area contributed by atoms with Crippen molar-refractivity contribution in [1.29, 1.82) is 0 Å². The molecule has 4 heteroatoms. The second kappa shape index (κ2) is 6.95. The molecule has 1 unspecified atom stereocenters. The molecule has 2 aromatic carbocycles. The van der Waals surface area contributed by atoms with Gasteiger partial charge >= 0.3 is 0 Å². The Labute approximate surface area is 130 Å². The summed E-state index contributed by atoms with van der Waals surface area (Å²) in [5.41, 5.74) is 2.04. The Morgan fingerprint density at radius 1 is 1.20 bits per heavy atom. The molecule has 0 fully saturated rings. The fourth-order valence-corrected chi connectivity index (χ4v) is 3.17. The van der Waals surface area contributed by atoms with E-state index in [0.717, 1.165) is 16.0 Å². The van der Waals surface area contributed by atoms with Gasteiger partial charge in [-0.2, -0.15) is 0 Å². The first-order valence-corrected chi connectivity index (χ1v) is 8.19. The number of aromatic hydroxyl groups is 1. The molecule has 2 aromatic rings. The van der Waals surface area contributed by atoms with Crippen LogP contribution in [0.25, 0.3) is 6.08 Å². The van der Waals surface area contributed by atoms with E-state index < -0.39 is 0 Å². The van der Waals surface area contributed by atoms with Crippen LogP contribution in [-0.4, -0.2) is 11.4 Å². The van der Waals surface area contributed by atoms with Gasteiger partial charge in [0.25, 0.3) is 0 Å². The Bertz CT molecular complexity index is 610. The molecule has 0 aliphatic carbocycles.